The van der Waals surface area contributed by atoms with Crippen LogP contribution in [-0.4, -0.2) is 46.8 Å². The molecule has 1 fully saturated rings. The Hall–Kier alpha value is -3.61. The summed E-state index contributed by atoms with van der Waals surface area (Å²) in [7, 11) is 1.60. The van der Waals surface area contributed by atoms with Gasteiger partial charge in [-0.15, -0.1) is 0 Å². The largest absolute Gasteiger partial charge is 0.493 e. The van der Waals surface area contributed by atoms with Gasteiger partial charge >= 0.3 is 0 Å². The zero-order valence-electron chi connectivity index (χ0n) is 16.3. The van der Waals surface area contributed by atoms with Crippen LogP contribution in [0, 0.1) is 0 Å². The summed E-state index contributed by atoms with van der Waals surface area (Å²) in [5, 5.41) is 0.521. The van der Waals surface area contributed by atoms with Crippen molar-refractivity contribution in [2.75, 3.05) is 20.2 Å². The molecule has 0 spiro atoms. The molecule has 30 heavy (non-hydrogen) atoms. The van der Waals surface area contributed by atoms with Gasteiger partial charge in [0.25, 0.3) is 0 Å². The fourth-order valence-electron chi connectivity index (χ4n) is 4.99. The van der Waals surface area contributed by atoms with Gasteiger partial charge in [-0.25, -0.2) is 0 Å². The first kappa shape index (κ1) is 17.3. The highest BCUT2D eigenvalue weighted by molar-refractivity contribution is 5.98. The molecule has 0 aliphatic carbocycles. The van der Waals surface area contributed by atoms with Gasteiger partial charge in [0.2, 0.25) is 11.8 Å². The summed E-state index contributed by atoms with van der Waals surface area (Å²) >= 11 is 0. The number of hydrogen-bond acceptors (Lipinski definition) is 4. The van der Waals surface area contributed by atoms with Crippen molar-refractivity contribution in [1.29, 1.82) is 0 Å². The van der Waals surface area contributed by atoms with E-state index in [2.05, 4.69) is 4.98 Å². The average molecular weight is 401 g/mol. The minimum Gasteiger partial charge on any atom is -0.493 e. The normalized spacial score (nSPS) is 22.2. The van der Waals surface area contributed by atoms with Crippen molar-refractivity contribution < 1.29 is 14.3 Å². The summed E-state index contributed by atoms with van der Waals surface area (Å²) in [5.74, 6) is 0.446. The highest BCUT2D eigenvalue weighted by atomic mass is 16.5. The van der Waals surface area contributed by atoms with Crippen LogP contribution >= 0.6 is 0 Å². The Balaban J connectivity index is 1.65. The van der Waals surface area contributed by atoms with Crippen LogP contribution in [0.15, 0.2) is 47.3 Å². The van der Waals surface area contributed by atoms with E-state index >= 15 is 0 Å². The molecular formula is C23H19N3O4. The van der Waals surface area contributed by atoms with Crippen LogP contribution in [0.5, 0.6) is 5.75 Å². The van der Waals surface area contributed by atoms with Crippen LogP contribution in [0.25, 0.3) is 10.9 Å². The van der Waals surface area contributed by atoms with Crippen molar-refractivity contribution in [2.24, 2.45) is 0 Å². The van der Waals surface area contributed by atoms with E-state index in [-0.39, 0.29) is 23.8 Å². The van der Waals surface area contributed by atoms with E-state index in [4.69, 9.17) is 4.74 Å². The highest BCUT2D eigenvalue weighted by Gasteiger charge is 2.51. The van der Waals surface area contributed by atoms with Crippen molar-refractivity contribution in [3.05, 3.63) is 75.1 Å². The van der Waals surface area contributed by atoms with Gasteiger partial charge < -0.3 is 19.5 Å². The Morgan fingerprint density at radius 3 is 2.77 bits per heavy atom. The molecular weight excluding hydrogens is 382 g/mol. The number of likely N-dealkylation sites (N-methyl/N-ethyl adjacent to an activating group) is 1. The van der Waals surface area contributed by atoms with E-state index in [1.807, 2.05) is 30.3 Å². The number of amides is 2. The lowest BCUT2D eigenvalue weighted by atomic mass is 9.98. The number of para-hydroxylation sites is 1. The number of pyridine rings is 1. The maximum absolute atomic E-state index is 13.4. The smallest absolute Gasteiger partial charge is 0.250 e. The number of rotatable bonds is 1. The Morgan fingerprint density at radius 1 is 1.07 bits per heavy atom. The molecule has 2 atom stereocenters. The van der Waals surface area contributed by atoms with Crippen LogP contribution in [-0.2, 0) is 16.0 Å². The number of hydrogen-bond donors (Lipinski definition) is 1. The fraction of sp³-hybridized carbons (Fsp3) is 0.261. The van der Waals surface area contributed by atoms with Gasteiger partial charge in [-0.2, -0.15) is 0 Å². The van der Waals surface area contributed by atoms with Crippen molar-refractivity contribution in [3.8, 4) is 5.75 Å². The van der Waals surface area contributed by atoms with Crippen molar-refractivity contribution in [2.45, 2.75) is 18.5 Å². The number of carbonyl (C=O) groups excluding carboxylic acids is 2. The molecule has 2 aromatic carbocycles. The molecule has 0 bridgehead atoms. The first-order valence-electron chi connectivity index (χ1n) is 10.0. The molecule has 0 saturated carbocycles. The van der Waals surface area contributed by atoms with Crippen LogP contribution in [0.1, 0.15) is 34.5 Å². The lowest BCUT2D eigenvalue weighted by Gasteiger charge is -2.37. The second-order valence-electron chi connectivity index (χ2n) is 8.09. The lowest BCUT2D eigenvalue weighted by molar-refractivity contribution is -0.155. The van der Waals surface area contributed by atoms with Crippen LogP contribution < -0.4 is 10.2 Å². The van der Waals surface area contributed by atoms with E-state index in [0.29, 0.717) is 28.8 Å². The number of piperazine rings is 1. The van der Waals surface area contributed by atoms with E-state index < -0.39 is 12.1 Å². The maximum atomic E-state index is 13.4. The van der Waals surface area contributed by atoms with Crippen LogP contribution in [0.4, 0.5) is 0 Å². The highest BCUT2D eigenvalue weighted by Crippen LogP contribution is 2.47. The number of aromatic nitrogens is 1. The first-order chi connectivity index (χ1) is 14.5. The molecule has 3 aliphatic rings. The zero-order chi connectivity index (χ0) is 20.6. The third kappa shape index (κ3) is 2.17. The summed E-state index contributed by atoms with van der Waals surface area (Å²) in [5.41, 5.74) is 3.45. The number of nitrogens with one attached hydrogen (secondary N) is 1. The third-order valence-corrected chi connectivity index (χ3v) is 6.38. The van der Waals surface area contributed by atoms with Gasteiger partial charge in [-0.1, -0.05) is 18.2 Å². The number of carbonyl (C=O) groups is 2. The fourth-order valence-corrected chi connectivity index (χ4v) is 4.99. The summed E-state index contributed by atoms with van der Waals surface area (Å²) in [6.45, 7) is 0.637. The molecule has 6 rings (SSSR count). The van der Waals surface area contributed by atoms with Crippen molar-refractivity contribution in [3.63, 3.8) is 0 Å². The van der Waals surface area contributed by atoms with Crippen molar-refractivity contribution >= 4 is 22.7 Å². The Morgan fingerprint density at radius 2 is 1.90 bits per heavy atom. The summed E-state index contributed by atoms with van der Waals surface area (Å²) in [6.07, 6.45) is 0.802. The average Bonchev–Trinajstić information content (AvgIpc) is 3.34. The summed E-state index contributed by atoms with van der Waals surface area (Å²) < 4.78 is 5.62. The van der Waals surface area contributed by atoms with Gasteiger partial charge in [-0.05, 0) is 35.4 Å². The first-order valence-corrected chi connectivity index (χ1v) is 10.0. The number of ether oxygens (including phenoxy) is 1. The molecule has 2 amide bonds. The molecule has 1 saturated heterocycles. The quantitative estimate of drug-likeness (QED) is 0.675. The van der Waals surface area contributed by atoms with E-state index in [0.717, 1.165) is 23.3 Å². The third-order valence-electron chi connectivity index (χ3n) is 6.38. The predicted octanol–water partition coefficient (Wildman–Crippen LogP) is 1.91. The minimum atomic E-state index is -0.908. The van der Waals surface area contributed by atoms with Crippen LogP contribution in [0.2, 0.25) is 0 Å². The van der Waals surface area contributed by atoms with Crippen LogP contribution in [0.3, 0.4) is 0 Å². The van der Waals surface area contributed by atoms with E-state index in [1.54, 1.807) is 24.1 Å². The molecule has 4 heterocycles. The Labute approximate surface area is 171 Å². The number of fused-ring (bicyclic) bond motifs is 5. The topological polar surface area (TPSA) is 82.7 Å². The summed E-state index contributed by atoms with van der Waals surface area (Å²) in [4.78, 5) is 46.1. The molecule has 7 nitrogen and oxygen atoms in total. The molecule has 1 unspecified atom stereocenters. The second kappa shape index (κ2) is 5.95. The Bertz CT molecular complexity index is 1310. The molecule has 150 valence electrons. The number of H-pyrrole nitrogens is 1. The van der Waals surface area contributed by atoms with Crippen molar-refractivity contribution in [1.82, 2.24) is 14.8 Å². The number of nitrogens with zero attached hydrogens (tertiary/aromatic N) is 2. The minimum absolute atomic E-state index is 0.00157. The molecule has 1 aromatic heterocycles. The standard InChI is InChI=1S/C23H19N3O4/c1-25-11-17(27)26-20(13-6-7-16-12(10-13)8-9-30-16)19-18(21(26)23(25)29)22(28)14-4-2-3-5-15(14)24-19/h2-7,10,20-21H,8-9,11H2,1H3,(H,24,28)/t20-,21?/m1/s1. The summed E-state index contributed by atoms with van der Waals surface area (Å²) in [6, 6.07) is 11.7. The predicted molar refractivity (Wildman–Crippen MR) is 109 cm³/mol. The van der Waals surface area contributed by atoms with Gasteiger partial charge in [0, 0.05) is 24.4 Å². The Kier molecular flexibility index (Phi) is 3.42. The maximum Gasteiger partial charge on any atom is 0.250 e. The number of aromatic amines is 1. The SMILES string of the molecule is CN1CC(=O)N2C(C1=O)c1c([nH]c3ccccc3c1=O)[C@H]2c1ccc2c(c1)CCO2. The van der Waals surface area contributed by atoms with E-state index in [1.165, 1.54) is 4.90 Å². The van der Waals surface area contributed by atoms with Gasteiger partial charge in [0.05, 0.1) is 30.5 Å². The van der Waals surface area contributed by atoms with Gasteiger partial charge in [0.15, 0.2) is 5.43 Å². The molecule has 0 radical (unpaired) electrons. The number of benzene rings is 2. The monoisotopic (exact) mass is 401 g/mol. The molecule has 1 N–H and O–H groups in total. The van der Waals surface area contributed by atoms with Gasteiger partial charge in [-0.3, -0.25) is 14.4 Å². The van der Waals surface area contributed by atoms with Gasteiger partial charge in [0.1, 0.15) is 11.8 Å². The molecule has 7 heteroatoms. The zero-order valence-corrected chi connectivity index (χ0v) is 16.3. The van der Waals surface area contributed by atoms with E-state index in [9.17, 15) is 14.4 Å². The lowest BCUT2D eigenvalue weighted by Crippen LogP contribution is -2.53. The molecule has 3 aliphatic heterocycles. The molecule has 3 aromatic rings. The second-order valence-corrected chi connectivity index (χ2v) is 8.09.